The minimum atomic E-state index is 0.0855. The quantitative estimate of drug-likeness (QED) is 0.605. The van der Waals surface area contributed by atoms with E-state index in [0.717, 1.165) is 21.9 Å². The molecule has 2 rings (SSSR count). The Kier molecular flexibility index (Phi) is 4.75. The van der Waals surface area contributed by atoms with Gasteiger partial charge in [-0.1, -0.05) is 48.4 Å². The fourth-order valence-corrected chi connectivity index (χ4v) is 3.14. The molecule has 1 aromatic rings. The SMILES string of the molecule is CC(C)(C)C1=CCN(C(=O)c2cc(Br)ccc2Br)CC1. The van der Waals surface area contributed by atoms with Gasteiger partial charge in [-0.2, -0.15) is 0 Å². The fourth-order valence-electron chi connectivity index (χ4n) is 2.37. The van der Waals surface area contributed by atoms with Gasteiger partial charge < -0.3 is 4.90 Å². The molecule has 2 nitrogen and oxygen atoms in total. The number of amides is 1. The number of hydrogen-bond acceptors (Lipinski definition) is 1. The lowest BCUT2D eigenvalue weighted by Crippen LogP contribution is -2.36. The van der Waals surface area contributed by atoms with Gasteiger partial charge in [-0.25, -0.2) is 0 Å². The van der Waals surface area contributed by atoms with Crippen molar-refractivity contribution < 1.29 is 4.79 Å². The Hall–Kier alpha value is -0.610. The zero-order chi connectivity index (χ0) is 14.9. The first-order valence-electron chi connectivity index (χ1n) is 6.73. The number of benzene rings is 1. The van der Waals surface area contributed by atoms with E-state index in [2.05, 4.69) is 58.7 Å². The predicted molar refractivity (Wildman–Crippen MR) is 89.9 cm³/mol. The molecule has 0 bridgehead atoms. The highest BCUT2D eigenvalue weighted by Gasteiger charge is 2.25. The second-order valence-electron chi connectivity index (χ2n) is 6.10. The van der Waals surface area contributed by atoms with Gasteiger partial charge in [0.25, 0.3) is 5.91 Å². The van der Waals surface area contributed by atoms with Crippen molar-refractivity contribution in [2.45, 2.75) is 27.2 Å². The zero-order valence-corrected chi connectivity index (χ0v) is 15.2. The summed E-state index contributed by atoms with van der Waals surface area (Å²) in [4.78, 5) is 14.5. The molecule has 20 heavy (non-hydrogen) atoms. The van der Waals surface area contributed by atoms with Gasteiger partial charge in [0.2, 0.25) is 0 Å². The second kappa shape index (κ2) is 6.02. The van der Waals surface area contributed by atoms with Gasteiger partial charge in [0.15, 0.2) is 0 Å². The van der Waals surface area contributed by atoms with E-state index in [1.165, 1.54) is 5.57 Å². The standard InChI is InChI=1S/C16H19Br2NO/c1-16(2,3)11-6-8-19(9-7-11)15(20)13-10-12(17)4-5-14(13)18/h4-6,10H,7-9H2,1-3H3. The first-order valence-corrected chi connectivity index (χ1v) is 8.31. The molecule has 0 saturated heterocycles. The maximum absolute atomic E-state index is 12.6. The van der Waals surface area contributed by atoms with Crippen LogP contribution in [0, 0.1) is 5.41 Å². The molecule has 0 fully saturated rings. The first kappa shape index (κ1) is 15.8. The van der Waals surface area contributed by atoms with E-state index >= 15 is 0 Å². The van der Waals surface area contributed by atoms with Gasteiger partial charge in [0.05, 0.1) is 5.56 Å². The minimum Gasteiger partial charge on any atom is -0.335 e. The van der Waals surface area contributed by atoms with Gasteiger partial charge in [-0.3, -0.25) is 4.79 Å². The zero-order valence-electron chi connectivity index (χ0n) is 12.0. The molecule has 0 aliphatic carbocycles. The van der Waals surface area contributed by atoms with Crippen LogP contribution < -0.4 is 0 Å². The Balaban J connectivity index is 2.17. The molecule has 1 amide bonds. The molecule has 0 N–H and O–H groups in total. The van der Waals surface area contributed by atoms with Crippen LogP contribution >= 0.6 is 31.9 Å². The molecule has 0 saturated carbocycles. The van der Waals surface area contributed by atoms with Crippen molar-refractivity contribution in [3.8, 4) is 0 Å². The molecule has 0 unspecified atom stereocenters. The third kappa shape index (κ3) is 3.53. The Bertz CT molecular complexity index is 558. The molecular weight excluding hydrogens is 382 g/mol. The van der Waals surface area contributed by atoms with E-state index < -0.39 is 0 Å². The monoisotopic (exact) mass is 399 g/mol. The molecule has 108 valence electrons. The molecule has 1 aliphatic heterocycles. The van der Waals surface area contributed by atoms with Crippen LogP contribution in [0.3, 0.4) is 0 Å². The van der Waals surface area contributed by atoms with Crippen LogP contribution in [0.15, 0.2) is 38.8 Å². The highest BCUT2D eigenvalue weighted by atomic mass is 79.9. The third-order valence-electron chi connectivity index (χ3n) is 3.62. The maximum Gasteiger partial charge on any atom is 0.255 e. The van der Waals surface area contributed by atoms with E-state index in [1.54, 1.807) is 0 Å². The highest BCUT2D eigenvalue weighted by molar-refractivity contribution is 9.11. The summed E-state index contributed by atoms with van der Waals surface area (Å²) in [6.07, 6.45) is 3.16. The largest absolute Gasteiger partial charge is 0.335 e. The van der Waals surface area contributed by atoms with Gasteiger partial charge in [-0.05, 0) is 46.0 Å². The summed E-state index contributed by atoms with van der Waals surface area (Å²) in [6, 6.07) is 5.70. The summed E-state index contributed by atoms with van der Waals surface area (Å²) in [7, 11) is 0. The minimum absolute atomic E-state index is 0.0855. The lowest BCUT2D eigenvalue weighted by atomic mass is 9.83. The third-order valence-corrected chi connectivity index (χ3v) is 4.80. The van der Waals surface area contributed by atoms with Crippen LogP contribution in [-0.4, -0.2) is 23.9 Å². The summed E-state index contributed by atoms with van der Waals surface area (Å²) in [5, 5.41) is 0. The van der Waals surface area contributed by atoms with Crippen LogP contribution in [0.25, 0.3) is 0 Å². The van der Waals surface area contributed by atoms with E-state index in [0.29, 0.717) is 12.1 Å². The number of hydrogen-bond donors (Lipinski definition) is 0. The summed E-state index contributed by atoms with van der Waals surface area (Å²) >= 11 is 6.88. The van der Waals surface area contributed by atoms with Crippen molar-refractivity contribution in [2.24, 2.45) is 5.41 Å². The van der Waals surface area contributed by atoms with E-state index in [9.17, 15) is 4.79 Å². The topological polar surface area (TPSA) is 20.3 Å². The van der Waals surface area contributed by atoms with E-state index in [-0.39, 0.29) is 11.3 Å². The fraction of sp³-hybridized carbons (Fsp3) is 0.438. The normalized spacial score (nSPS) is 16.1. The molecule has 4 heteroatoms. The van der Waals surface area contributed by atoms with Crippen LogP contribution in [0.4, 0.5) is 0 Å². The summed E-state index contributed by atoms with van der Waals surface area (Å²) in [5.74, 6) is 0.0855. The van der Waals surface area contributed by atoms with Crippen LogP contribution in [-0.2, 0) is 0 Å². The smallest absolute Gasteiger partial charge is 0.255 e. The van der Waals surface area contributed by atoms with Crippen LogP contribution in [0.5, 0.6) is 0 Å². The number of nitrogens with zero attached hydrogens (tertiary/aromatic N) is 1. The summed E-state index contributed by atoms with van der Waals surface area (Å²) < 4.78 is 1.77. The Morgan fingerprint density at radius 2 is 1.95 bits per heavy atom. The number of carbonyl (C=O) groups excluding carboxylic acids is 1. The molecule has 0 radical (unpaired) electrons. The number of rotatable bonds is 1. The molecule has 0 atom stereocenters. The average Bonchev–Trinajstić information content (AvgIpc) is 2.40. The van der Waals surface area contributed by atoms with Crippen LogP contribution in [0.1, 0.15) is 37.6 Å². The van der Waals surface area contributed by atoms with Gasteiger partial charge in [0, 0.05) is 22.0 Å². The van der Waals surface area contributed by atoms with Crippen molar-refractivity contribution in [2.75, 3.05) is 13.1 Å². The van der Waals surface area contributed by atoms with E-state index in [1.807, 2.05) is 23.1 Å². The average molecular weight is 401 g/mol. The number of halogens is 2. The summed E-state index contributed by atoms with van der Waals surface area (Å²) in [5.41, 5.74) is 2.35. The van der Waals surface area contributed by atoms with Gasteiger partial charge >= 0.3 is 0 Å². The molecule has 1 aromatic carbocycles. The van der Waals surface area contributed by atoms with Crippen molar-refractivity contribution in [3.05, 3.63) is 44.4 Å². The maximum atomic E-state index is 12.6. The summed E-state index contributed by atoms with van der Waals surface area (Å²) in [6.45, 7) is 8.16. The van der Waals surface area contributed by atoms with Crippen molar-refractivity contribution >= 4 is 37.8 Å². The molecule has 1 heterocycles. The number of carbonyl (C=O) groups is 1. The first-order chi connectivity index (χ1) is 9.29. The molecular formula is C16H19Br2NO. The Morgan fingerprint density at radius 1 is 1.25 bits per heavy atom. The lowest BCUT2D eigenvalue weighted by Gasteiger charge is -2.32. The van der Waals surface area contributed by atoms with Crippen molar-refractivity contribution in [1.82, 2.24) is 4.90 Å². The Labute approximate surface area is 137 Å². The molecule has 1 aliphatic rings. The van der Waals surface area contributed by atoms with Crippen molar-refractivity contribution in [3.63, 3.8) is 0 Å². The van der Waals surface area contributed by atoms with E-state index in [4.69, 9.17) is 0 Å². The van der Waals surface area contributed by atoms with Gasteiger partial charge in [-0.15, -0.1) is 0 Å². The van der Waals surface area contributed by atoms with Crippen molar-refractivity contribution in [1.29, 1.82) is 0 Å². The highest BCUT2D eigenvalue weighted by Crippen LogP contribution is 2.31. The Morgan fingerprint density at radius 3 is 2.50 bits per heavy atom. The van der Waals surface area contributed by atoms with Gasteiger partial charge in [0.1, 0.15) is 0 Å². The molecule has 0 spiro atoms. The lowest BCUT2D eigenvalue weighted by molar-refractivity contribution is 0.0764. The molecule has 0 aromatic heterocycles. The predicted octanol–water partition coefficient (Wildman–Crippen LogP) is 5.03. The second-order valence-corrected chi connectivity index (χ2v) is 7.87. The van der Waals surface area contributed by atoms with Crippen LogP contribution in [0.2, 0.25) is 0 Å².